The molecule has 0 unspecified atom stereocenters. The minimum atomic E-state index is -0.613. The lowest BCUT2D eigenvalue weighted by Crippen LogP contribution is -2.13. The van der Waals surface area contributed by atoms with Crippen molar-refractivity contribution in [3.8, 4) is 23.3 Å². The molecule has 1 amide bonds. The van der Waals surface area contributed by atoms with Crippen LogP contribution in [0, 0.1) is 21.4 Å². The molecule has 0 aliphatic heterocycles. The number of rotatable bonds is 8. The van der Waals surface area contributed by atoms with E-state index >= 15 is 0 Å². The SMILES string of the molecule is COc1cc(/C=C(\C#N)C(=O)Nc2ccc(O)cc2)c(Br)cc1OCc1ccc([N+](=O)[O-])cc1. The third-order valence-electron chi connectivity index (χ3n) is 4.61. The van der Waals surface area contributed by atoms with Crippen molar-refractivity contribution in [2.24, 2.45) is 0 Å². The number of benzene rings is 3. The van der Waals surface area contributed by atoms with Crippen LogP contribution in [0.1, 0.15) is 11.1 Å². The average Bonchev–Trinajstić information content (AvgIpc) is 2.83. The summed E-state index contributed by atoms with van der Waals surface area (Å²) in [5.41, 5.74) is 1.51. The summed E-state index contributed by atoms with van der Waals surface area (Å²) in [5, 5.41) is 32.2. The van der Waals surface area contributed by atoms with Crippen molar-refractivity contribution in [2.45, 2.75) is 6.61 Å². The molecule has 0 radical (unpaired) electrons. The van der Waals surface area contributed by atoms with E-state index in [4.69, 9.17) is 9.47 Å². The van der Waals surface area contributed by atoms with Gasteiger partial charge < -0.3 is 19.9 Å². The number of aromatic hydroxyl groups is 1. The van der Waals surface area contributed by atoms with Crippen LogP contribution in [-0.2, 0) is 11.4 Å². The highest BCUT2D eigenvalue weighted by Gasteiger charge is 2.14. The molecule has 172 valence electrons. The fraction of sp³-hybridized carbons (Fsp3) is 0.0833. The molecule has 2 N–H and O–H groups in total. The van der Waals surface area contributed by atoms with Crippen molar-refractivity contribution >= 4 is 39.3 Å². The number of nitriles is 1. The van der Waals surface area contributed by atoms with E-state index in [0.29, 0.717) is 27.2 Å². The molecule has 34 heavy (non-hydrogen) atoms. The van der Waals surface area contributed by atoms with Crippen LogP contribution in [0.2, 0.25) is 0 Å². The lowest BCUT2D eigenvalue weighted by Gasteiger charge is -2.13. The van der Waals surface area contributed by atoms with Gasteiger partial charge in [-0.25, -0.2) is 0 Å². The fourth-order valence-electron chi connectivity index (χ4n) is 2.86. The Labute approximate surface area is 203 Å². The first-order chi connectivity index (χ1) is 16.3. The summed E-state index contributed by atoms with van der Waals surface area (Å²) in [6.07, 6.45) is 1.41. The monoisotopic (exact) mass is 523 g/mol. The molecule has 0 spiro atoms. The normalized spacial score (nSPS) is 10.8. The van der Waals surface area contributed by atoms with Gasteiger partial charge in [0.05, 0.1) is 12.0 Å². The zero-order valence-electron chi connectivity index (χ0n) is 17.8. The highest BCUT2D eigenvalue weighted by molar-refractivity contribution is 9.10. The topological polar surface area (TPSA) is 135 Å². The first-order valence-electron chi connectivity index (χ1n) is 9.76. The van der Waals surface area contributed by atoms with E-state index in [-0.39, 0.29) is 23.6 Å². The van der Waals surface area contributed by atoms with Gasteiger partial charge in [-0.05, 0) is 65.7 Å². The van der Waals surface area contributed by atoms with E-state index in [9.17, 15) is 25.3 Å². The Hall–Kier alpha value is -4.36. The number of nitrogens with one attached hydrogen (secondary N) is 1. The molecule has 9 nitrogen and oxygen atoms in total. The van der Waals surface area contributed by atoms with Gasteiger partial charge in [0.2, 0.25) is 0 Å². The lowest BCUT2D eigenvalue weighted by atomic mass is 10.1. The van der Waals surface area contributed by atoms with Gasteiger partial charge in [0.25, 0.3) is 11.6 Å². The number of hydrogen-bond donors (Lipinski definition) is 2. The van der Waals surface area contributed by atoms with Gasteiger partial charge in [-0.3, -0.25) is 14.9 Å². The standard InChI is InChI=1S/C24H18BrN3O6/c1-33-22-11-16(10-17(13-26)24(30)27-18-4-8-20(29)9-5-18)21(25)12-23(22)34-14-15-2-6-19(7-3-15)28(31)32/h2-12,29H,14H2,1H3,(H,27,30)/b17-10+. The van der Waals surface area contributed by atoms with Crippen LogP contribution >= 0.6 is 15.9 Å². The number of methoxy groups -OCH3 is 1. The molecule has 0 atom stereocenters. The molecule has 3 aromatic rings. The first-order valence-corrected chi connectivity index (χ1v) is 10.6. The second-order valence-electron chi connectivity index (χ2n) is 6.91. The molecule has 0 saturated heterocycles. The number of phenols is 1. The average molecular weight is 524 g/mol. The Bertz CT molecular complexity index is 1280. The van der Waals surface area contributed by atoms with Crippen molar-refractivity contribution in [3.63, 3.8) is 0 Å². The number of non-ortho nitro benzene ring substituents is 1. The number of hydrogen-bond acceptors (Lipinski definition) is 7. The molecule has 10 heteroatoms. The van der Waals surface area contributed by atoms with Crippen molar-refractivity contribution in [2.75, 3.05) is 12.4 Å². The molecular weight excluding hydrogens is 506 g/mol. The quantitative estimate of drug-likeness (QED) is 0.136. The number of nitro groups is 1. The molecule has 0 bridgehead atoms. The summed E-state index contributed by atoms with van der Waals surface area (Å²) in [6.45, 7) is 0.147. The van der Waals surface area contributed by atoms with Crippen molar-refractivity contribution in [3.05, 3.63) is 92.0 Å². The van der Waals surface area contributed by atoms with Crippen LogP contribution in [0.25, 0.3) is 6.08 Å². The van der Waals surface area contributed by atoms with E-state index in [1.165, 1.54) is 49.6 Å². The van der Waals surface area contributed by atoms with E-state index in [0.717, 1.165) is 5.56 Å². The smallest absolute Gasteiger partial charge is 0.269 e. The second-order valence-corrected chi connectivity index (χ2v) is 7.76. The minimum absolute atomic E-state index is 0.0111. The number of nitro benzene ring substituents is 1. The summed E-state index contributed by atoms with van der Waals surface area (Å²) >= 11 is 3.42. The lowest BCUT2D eigenvalue weighted by molar-refractivity contribution is -0.384. The second kappa shape index (κ2) is 11.0. The Morgan fingerprint density at radius 1 is 1.18 bits per heavy atom. The van der Waals surface area contributed by atoms with Crippen molar-refractivity contribution in [1.29, 1.82) is 5.26 Å². The Kier molecular flexibility index (Phi) is 7.84. The number of ether oxygens (including phenoxy) is 2. The maximum atomic E-state index is 12.5. The van der Waals surface area contributed by atoms with Crippen molar-refractivity contribution in [1.82, 2.24) is 0 Å². The minimum Gasteiger partial charge on any atom is -0.508 e. The molecule has 0 aliphatic carbocycles. The van der Waals surface area contributed by atoms with Crippen molar-refractivity contribution < 1.29 is 24.3 Å². The predicted octanol–water partition coefficient (Wildman–Crippen LogP) is 5.20. The van der Waals surface area contributed by atoms with Gasteiger partial charge in [0, 0.05) is 22.3 Å². The van der Waals surface area contributed by atoms with Gasteiger partial charge in [-0.2, -0.15) is 5.26 Å². The zero-order chi connectivity index (χ0) is 24.7. The van der Waals surface area contributed by atoms with Gasteiger partial charge in [0.1, 0.15) is 24.0 Å². The zero-order valence-corrected chi connectivity index (χ0v) is 19.4. The molecule has 3 aromatic carbocycles. The molecule has 0 aliphatic rings. The third kappa shape index (κ3) is 6.11. The Balaban J connectivity index is 1.78. The molecular formula is C24H18BrN3O6. The van der Waals surface area contributed by atoms with Crippen LogP contribution in [0.15, 0.2) is 70.7 Å². The fourth-order valence-corrected chi connectivity index (χ4v) is 3.29. The predicted molar refractivity (Wildman–Crippen MR) is 128 cm³/mol. The number of carbonyl (C=O) groups is 1. The number of amides is 1. The van der Waals surface area contributed by atoms with Crippen LogP contribution in [-0.4, -0.2) is 23.0 Å². The molecule has 0 fully saturated rings. The van der Waals surface area contributed by atoms with E-state index in [2.05, 4.69) is 21.2 Å². The highest BCUT2D eigenvalue weighted by atomic mass is 79.9. The van der Waals surface area contributed by atoms with Crippen LogP contribution in [0.5, 0.6) is 17.2 Å². The van der Waals surface area contributed by atoms with Crippen LogP contribution < -0.4 is 14.8 Å². The summed E-state index contributed by atoms with van der Waals surface area (Å²) in [5.74, 6) is 0.211. The number of anilines is 1. The largest absolute Gasteiger partial charge is 0.508 e. The Morgan fingerprint density at radius 2 is 1.85 bits per heavy atom. The summed E-state index contributed by atoms with van der Waals surface area (Å²) in [6, 6.07) is 17.0. The summed E-state index contributed by atoms with van der Waals surface area (Å²) < 4.78 is 11.8. The number of phenolic OH excluding ortho intramolecular Hbond substituents is 1. The van der Waals surface area contributed by atoms with E-state index < -0.39 is 10.8 Å². The molecule has 0 saturated carbocycles. The molecule has 0 aromatic heterocycles. The molecule has 3 rings (SSSR count). The number of nitrogens with zero attached hydrogens (tertiary/aromatic N) is 2. The van der Waals surface area contributed by atoms with Gasteiger partial charge in [0.15, 0.2) is 11.5 Å². The van der Waals surface area contributed by atoms with E-state index in [1.54, 1.807) is 24.3 Å². The highest BCUT2D eigenvalue weighted by Crippen LogP contribution is 2.35. The van der Waals surface area contributed by atoms with Crippen LogP contribution in [0.4, 0.5) is 11.4 Å². The Morgan fingerprint density at radius 3 is 2.44 bits per heavy atom. The summed E-state index contributed by atoms with van der Waals surface area (Å²) in [4.78, 5) is 22.8. The van der Waals surface area contributed by atoms with Gasteiger partial charge in [-0.1, -0.05) is 15.9 Å². The third-order valence-corrected chi connectivity index (χ3v) is 5.30. The molecule has 0 heterocycles. The maximum absolute atomic E-state index is 12.5. The first kappa shape index (κ1) is 24.3. The number of carbonyl (C=O) groups excluding carboxylic acids is 1. The van der Waals surface area contributed by atoms with Crippen LogP contribution in [0.3, 0.4) is 0 Å². The number of halogens is 1. The maximum Gasteiger partial charge on any atom is 0.269 e. The van der Waals surface area contributed by atoms with Gasteiger partial charge in [-0.15, -0.1) is 0 Å². The summed E-state index contributed by atoms with van der Waals surface area (Å²) in [7, 11) is 1.46. The van der Waals surface area contributed by atoms with Gasteiger partial charge >= 0.3 is 0 Å². The van der Waals surface area contributed by atoms with E-state index in [1.807, 2.05) is 6.07 Å².